The second-order valence-corrected chi connectivity index (χ2v) is 10.4. The highest BCUT2D eigenvalue weighted by atomic mass is 19.2. The van der Waals surface area contributed by atoms with Gasteiger partial charge in [0.15, 0.2) is 23.2 Å². The SMILES string of the molecule is COc1cc(CN(Cc2cn3c4c(c(F)c(F)cc4c2=O)OCC3)[C@H]2CCCN(c3ccc([N+](=O)[O-])nc3)C2)ccn1. The molecule has 218 valence electrons. The number of rotatable bonds is 8. The van der Waals surface area contributed by atoms with E-state index in [4.69, 9.17) is 9.47 Å². The summed E-state index contributed by atoms with van der Waals surface area (Å²) in [5, 5.41) is 11.1. The second-order valence-electron chi connectivity index (χ2n) is 10.4. The fraction of sp³-hybridized carbons (Fsp3) is 0.345. The van der Waals surface area contributed by atoms with Gasteiger partial charge in [-0.05, 0) is 46.5 Å². The molecule has 3 aromatic heterocycles. The van der Waals surface area contributed by atoms with Crippen LogP contribution >= 0.6 is 0 Å². The van der Waals surface area contributed by atoms with Crippen LogP contribution in [0.25, 0.3) is 10.9 Å². The average Bonchev–Trinajstić information content (AvgIpc) is 3.01. The highest BCUT2D eigenvalue weighted by Gasteiger charge is 2.29. The number of nitrogens with zero attached hydrogens (tertiary/aromatic N) is 6. The Balaban J connectivity index is 1.36. The Labute approximate surface area is 239 Å². The molecule has 0 saturated carbocycles. The van der Waals surface area contributed by atoms with Crippen LogP contribution in [-0.4, -0.2) is 57.2 Å². The van der Waals surface area contributed by atoms with Crippen molar-refractivity contribution in [3.63, 3.8) is 0 Å². The van der Waals surface area contributed by atoms with Gasteiger partial charge in [0.1, 0.15) is 6.61 Å². The molecule has 11 nitrogen and oxygen atoms in total. The van der Waals surface area contributed by atoms with Crippen molar-refractivity contribution in [3.05, 3.63) is 92.0 Å². The number of hydrogen-bond donors (Lipinski definition) is 0. The van der Waals surface area contributed by atoms with E-state index in [1.807, 2.05) is 12.1 Å². The third-order valence-electron chi connectivity index (χ3n) is 7.83. The van der Waals surface area contributed by atoms with Gasteiger partial charge in [0.05, 0.1) is 30.2 Å². The number of piperidine rings is 1. The third kappa shape index (κ3) is 5.22. The first-order valence-electron chi connectivity index (χ1n) is 13.6. The van der Waals surface area contributed by atoms with Crippen LogP contribution in [0.2, 0.25) is 0 Å². The minimum atomic E-state index is -1.12. The summed E-state index contributed by atoms with van der Waals surface area (Å²) in [7, 11) is 1.54. The number of anilines is 1. The van der Waals surface area contributed by atoms with Gasteiger partial charge in [-0.25, -0.2) is 9.37 Å². The predicted octanol–water partition coefficient (Wildman–Crippen LogP) is 4.05. The Morgan fingerprint density at radius 2 is 2.05 bits per heavy atom. The number of hydrogen-bond acceptors (Lipinski definition) is 9. The predicted molar refractivity (Wildman–Crippen MR) is 150 cm³/mol. The van der Waals surface area contributed by atoms with Crippen molar-refractivity contribution in [1.29, 1.82) is 0 Å². The molecule has 1 atom stereocenters. The van der Waals surface area contributed by atoms with Gasteiger partial charge in [0.2, 0.25) is 11.7 Å². The highest BCUT2D eigenvalue weighted by molar-refractivity contribution is 5.86. The van der Waals surface area contributed by atoms with E-state index in [0.717, 1.165) is 36.7 Å². The van der Waals surface area contributed by atoms with Gasteiger partial charge < -0.3 is 29.1 Å². The second kappa shape index (κ2) is 11.3. The van der Waals surface area contributed by atoms with Crippen LogP contribution in [0.15, 0.2) is 53.7 Å². The van der Waals surface area contributed by atoms with E-state index in [0.29, 0.717) is 31.1 Å². The van der Waals surface area contributed by atoms with E-state index in [2.05, 4.69) is 19.8 Å². The summed E-state index contributed by atoms with van der Waals surface area (Å²) >= 11 is 0. The normalized spacial score (nSPS) is 16.5. The molecule has 4 aromatic rings. The Morgan fingerprint density at radius 3 is 2.81 bits per heavy atom. The molecule has 0 unspecified atom stereocenters. The van der Waals surface area contributed by atoms with Gasteiger partial charge in [-0.3, -0.25) is 9.69 Å². The summed E-state index contributed by atoms with van der Waals surface area (Å²) in [5.41, 5.74) is 2.04. The molecule has 0 radical (unpaired) electrons. The highest BCUT2D eigenvalue weighted by Crippen LogP contribution is 2.33. The number of ether oxygens (including phenoxy) is 2. The Morgan fingerprint density at radius 1 is 1.19 bits per heavy atom. The van der Waals surface area contributed by atoms with Gasteiger partial charge in [-0.15, -0.1) is 0 Å². The number of halogens is 2. The van der Waals surface area contributed by atoms with Crippen LogP contribution in [0.5, 0.6) is 11.6 Å². The van der Waals surface area contributed by atoms with Crippen LogP contribution in [0.3, 0.4) is 0 Å². The fourth-order valence-corrected chi connectivity index (χ4v) is 5.79. The topological polar surface area (TPSA) is 116 Å². The standard InChI is InChI=1S/C29H28F2N6O5/c1-41-25-11-18(6-7-32-25)14-36(21-3-2-8-34(17-21)20-4-5-24(33-13-20)37(39)40)16-19-15-35-9-10-42-29-26(31)23(30)12-22(27(29)35)28(19)38/h4-7,11-13,15,21H,2-3,8-10,14,16-17H2,1H3/t21-/m0/s1. The lowest BCUT2D eigenvalue weighted by Gasteiger charge is -2.40. The van der Waals surface area contributed by atoms with E-state index in [1.165, 1.54) is 12.3 Å². The first kappa shape index (κ1) is 27.5. The first-order valence-corrected chi connectivity index (χ1v) is 13.6. The van der Waals surface area contributed by atoms with Crippen LogP contribution in [-0.2, 0) is 19.6 Å². The van der Waals surface area contributed by atoms with Gasteiger partial charge in [0.25, 0.3) is 0 Å². The third-order valence-corrected chi connectivity index (χ3v) is 7.83. The summed E-state index contributed by atoms with van der Waals surface area (Å²) in [6.07, 6.45) is 6.58. The zero-order chi connectivity index (χ0) is 29.4. The summed E-state index contributed by atoms with van der Waals surface area (Å²) < 4.78 is 41.4. The quantitative estimate of drug-likeness (QED) is 0.226. The van der Waals surface area contributed by atoms with Crippen LogP contribution in [0, 0.1) is 21.7 Å². The maximum absolute atomic E-state index is 14.5. The zero-order valence-electron chi connectivity index (χ0n) is 22.8. The van der Waals surface area contributed by atoms with Crippen molar-refractivity contribution >= 4 is 22.4 Å². The van der Waals surface area contributed by atoms with E-state index in [9.17, 15) is 23.7 Å². The number of aromatic nitrogens is 3. The fourth-order valence-electron chi connectivity index (χ4n) is 5.79. The van der Waals surface area contributed by atoms with Crippen LogP contribution in [0.1, 0.15) is 24.0 Å². The first-order chi connectivity index (χ1) is 20.3. The van der Waals surface area contributed by atoms with E-state index >= 15 is 0 Å². The molecule has 42 heavy (non-hydrogen) atoms. The molecule has 2 aliphatic heterocycles. The molecule has 0 N–H and O–H groups in total. The largest absolute Gasteiger partial charge is 0.486 e. The minimum Gasteiger partial charge on any atom is -0.486 e. The Bertz CT molecular complexity index is 1710. The molecular formula is C29H28F2N6O5. The van der Waals surface area contributed by atoms with Crippen LogP contribution < -0.4 is 19.8 Å². The van der Waals surface area contributed by atoms with E-state index in [-0.39, 0.29) is 47.1 Å². The molecule has 6 rings (SSSR count). The molecule has 1 saturated heterocycles. The van der Waals surface area contributed by atoms with Gasteiger partial charge in [-0.2, -0.15) is 4.39 Å². The lowest BCUT2D eigenvalue weighted by Crippen LogP contribution is -2.48. The molecule has 0 aliphatic carbocycles. The Hall–Kier alpha value is -4.65. The van der Waals surface area contributed by atoms with Crippen molar-refractivity contribution in [1.82, 2.24) is 19.4 Å². The number of nitro groups is 1. The summed E-state index contributed by atoms with van der Waals surface area (Å²) in [6.45, 7) is 2.63. The lowest BCUT2D eigenvalue weighted by atomic mass is 10.0. The summed E-state index contributed by atoms with van der Waals surface area (Å²) in [4.78, 5) is 36.7. The van der Waals surface area contributed by atoms with Crippen molar-refractivity contribution in [3.8, 4) is 11.6 Å². The van der Waals surface area contributed by atoms with Crippen molar-refractivity contribution < 1.29 is 23.2 Å². The van der Waals surface area contributed by atoms with E-state index in [1.54, 1.807) is 30.1 Å². The molecule has 0 spiro atoms. The molecule has 0 amide bonds. The number of methoxy groups -OCH3 is 1. The zero-order valence-corrected chi connectivity index (χ0v) is 22.8. The molecule has 1 aromatic carbocycles. The van der Waals surface area contributed by atoms with Crippen molar-refractivity contribution in [2.45, 2.75) is 38.5 Å². The molecule has 2 aliphatic rings. The smallest absolute Gasteiger partial charge is 0.363 e. The van der Waals surface area contributed by atoms with Gasteiger partial charge >= 0.3 is 5.82 Å². The maximum atomic E-state index is 14.5. The molecule has 13 heteroatoms. The maximum Gasteiger partial charge on any atom is 0.363 e. The molecular weight excluding hydrogens is 550 g/mol. The number of pyridine rings is 3. The molecule has 0 bridgehead atoms. The lowest BCUT2D eigenvalue weighted by molar-refractivity contribution is -0.389. The Kier molecular flexibility index (Phi) is 7.42. The van der Waals surface area contributed by atoms with Crippen molar-refractivity contribution in [2.75, 3.05) is 31.7 Å². The molecule has 5 heterocycles. The van der Waals surface area contributed by atoms with E-state index < -0.39 is 16.6 Å². The molecule has 1 fully saturated rings. The van der Waals surface area contributed by atoms with Crippen LogP contribution in [0.4, 0.5) is 20.3 Å². The number of benzene rings is 1. The summed E-state index contributed by atoms with van der Waals surface area (Å²) in [5.74, 6) is -2.21. The van der Waals surface area contributed by atoms with Gasteiger partial charge in [-0.1, -0.05) is 0 Å². The van der Waals surface area contributed by atoms with Gasteiger partial charge in [0, 0.05) is 62.3 Å². The summed E-state index contributed by atoms with van der Waals surface area (Å²) in [6, 6.07) is 7.75. The van der Waals surface area contributed by atoms with Crippen molar-refractivity contribution in [2.24, 2.45) is 0 Å². The minimum absolute atomic E-state index is 0.00611. The average molecular weight is 579 g/mol. The monoisotopic (exact) mass is 578 g/mol.